The first kappa shape index (κ1) is 16.4. The molecule has 0 aliphatic heterocycles. The molecule has 0 saturated heterocycles. The molecule has 1 N–H and O–H groups in total. The Kier molecular flexibility index (Phi) is 5.44. The topological polar surface area (TPSA) is 45.2 Å². The summed E-state index contributed by atoms with van der Waals surface area (Å²) in [4.78, 5) is 18.6. The molecule has 4 nitrogen and oxygen atoms in total. The number of amides is 1. The van der Waals surface area contributed by atoms with Crippen molar-refractivity contribution >= 4 is 29.0 Å². The van der Waals surface area contributed by atoms with Gasteiger partial charge in [-0.1, -0.05) is 6.92 Å². The van der Waals surface area contributed by atoms with E-state index in [2.05, 4.69) is 22.1 Å². The van der Waals surface area contributed by atoms with Gasteiger partial charge in [0, 0.05) is 31.7 Å². The molecule has 22 heavy (non-hydrogen) atoms. The van der Waals surface area contributed by atoms with Gasteiger partial charge >= 0.3 is 0 Å². The minimum Gasteiger partial charge on any atom is -0.377 e. The second-order valence-corrected chi connectivity index (χ2v) is 6.45. The van der Waals surface area contributed by atoms with Crippen molar-refractivity contribution in [1.29, 1.82) is 0 Å². The highest BCUT2D eigenvalue weighted by Crippen LogP contribution is 2.22. The fourth-order valence-electron chi connectivity index (χ4n) is 2.19. The smallest absolute Gasteiger partial charge is 0.257 e. The summed E-state index contributed by atoms with van der Waals surface area (Å²) in [5.74, 6) is 0.827. The van der Waals surface area contributed by atoms with Crippen molar-refractivity contribution in [3.63, 3.8) is 0 Å². The molecule has 1 aromatic carbocycles. The molecule has 5 heteroatoms. The first-order chi connectivity index (χ1) is 10.5. The summed E-state index contributed by atoms with van der Waals surface area (Å²) in [6, 6.07) is 9.58. The minimum atomic E-state index is -0.141. The van der Waals surface area contributed by atoms with Gasteiger partial charge in [-0.15, -0.1) is 11.8 Å². The number of aryl methyl sites for hydroxylation is 1. The van der Waals surface area contributed by atoms with Crippen molar-refractivity contribution in [2.75, 3.05) is 30.1 Å². The van der Waals surface area contributed by atoms with Crippen LogP contribution in [-0.4, -0.2) is 30.7 Å². The number of carbonyl (C=O) groups is 1. The maximum Gasteiger partial charge on any atom is 0.257 e. The summed E-state index contributed by atoms with van der Waals surface area (Å²) in [5.41, 5.74) is 3.62. The van der Waals surface area contributed by atoms with E-state index in [4.69, 9.17) is 0 Å². The summed E-state index contributed by atoms with van der Waals surface area (Å²) in [7, 11) is 4.00. The first-order valence-corrected chi connectivity index (χ1v) is 8.18. The number of carbonyl (C=O) groups excluding carboxylic acids is 1. The minimum absolute atomic E-state index is 0.141. The SMILES string of the molecule is CCSc1ccc(C(=O)Nc2ccc(N(C)C)c(C)c2)cn1. The number of nitrogens with one attached hydrogen (secondary N) is 1. The third-order valence-electron chi connectivity index (χ3n) is 3.23. The normalized spacial score (nSPS) is 10.4. The molecule has 1 heterocycles. The van der Waals surface area contributed by atoms with Gasteiger partial charge in [0.15, 0.2) is 0 Å². The fourth-order valence-corrected chi connectivity index (χ4v) is 2.77. The Morgan fingerprint density at radius 3 is 2.59 bits per heavy atom. The summed E-state index contributed by atoms with van der Waals surface area (Å²) < 4.78 is 0. The van der Waals surface area contributed by atoms with Crippen LogP contribution in [-0.2, 0) is 0 Å². The molecule has 0 radical (unpaired) electrons. The molecule has 0 spiro atoms. The Balaban J connectivity index is 2.09. The van der Waals surface area contributed by atoms with Gasteiger partial charge in [0.1, 0.15) is 0 Å². The van der Waals surface area contributed by atoms with Crippen LogP contribution in [0.25, 0.3) is 0 Å². The van der Waals surface area contributed by atoms with Crippen LogP contribution in [0.2, 0.25) is 0 Å². The van der Waals surface area contributed by atoms with E-state index in [1.165, 1.54) is 0 Å². The third-order valence-corrected chi connectivity index (χ3v) is 4.05. The molecular formula is C17H21N3OS. The van der Waals surface area contributed by atoms with Gasteiger partial charge in [0.25, 0.3) is 5.91 Å². The van der Waals surface area contributed by atoms with E-state index in [1.54, 1.807) is 24.0 Å². The van der Waals surface area contributed by atoms with Crippen LogP contribution in [0.3, 0.4) is 0 Å². The Bertz CT molecular complexity index is 653. The lowest BCUT2D eigenvalue weighted by atomic mass is 10.1. The number of hydrogen-bond acceptors (Lipinski definition) is 4. The van der Waals surface area contributed by atoms with Crippen molar-refractivity contribution in [3.05, 3.63) is 47.7 Å². The summed E-state index contributed by atoms with van der Waals surface area (Å²) >= 11 is 1.66. The predicted octanol–water partition coefficient (Wildman–Crippen LogP) is 3.82. The van der Waals surface area contributed by atoms with Gasteiger partial charge in [-0.05, 0) is 48.6 Å². The van der Waals surface area contributed by atoms with Crippen molar-refractivity contribution in [2.45, 2.75) is 18.9 Å². The lowest BCUT2D eigenvalue weighted by Crippen LogP contribution is -2.14. The van der Waals surface area contributed by atoms with Crippen LogP contribution < -0.4 is 10.2 Å². The standard InChI is InChI=1S/C17H21N3OS/c1-5-22-16-9-6-13(11-18-16)17(21)19-14-7-8-15(20(3)4)12(2)10-14/h6-11H,5H2,1-4H3,(H,19,21). The molecule has 0 unspecified atom stereocenters. The third kappa shape index (κ3) is 4.01. The molecule has 0 bridgehead atoms. The van der Waals surface area contributed by atoms with Crippen molar-refractivity contribution < 1.29 is 4.79 Å². The Morgan fingerprint density at radius 1 is 1.27 bits per heavy atom. The number of aromatic nitrogens is 1. The number of anilines is 2. The predicted molar refractivity (Wildman–Crippen MR) is 94.1 cm³/mol. The average Bonchev–Trinajstić information content (AvgIpc) is 2.48. The van der Waals surface area contributed by atoms with Gasteiger partial charge in [0.2, 0.25) is 0 Å². The van der Waals surface area contributed by atoms with Crippen LogP contribution >= 0.6 is 11.8 Å². The molecule has 1 amide bonds. The second-order valence-electron chi connectivity index (χ2n) is 5.17. The number of pyridine rings is 1. The van der Waals surface area contributed by atoms with E-state index in [0.29, 0.717) is 5.56 Å². The van der Waals surface area contributed by atoms with E-state index < -0.39 is 0 Å². The van der Waals surface area contributed by atoms with E-state index in [0.717, 1.165) is 27.7 Å². The summed E-state index contributed by atoms with van der Waals surface area (Å²) in [6.45, 7) is 4.11. The fraction of sp³-hybridized carbons (Fsp3) is 0.294. The Hall–Kier alpha value is -2.01. The molecule has 116 valence electrons. The summed E-state index contributed by atoms with van der Waals surface area (Å²) in [5, 5.41) is 3.85. The lowest BCUT2D eigenvalue weighted by molar-refractivity contribution is 0.102. The Labute approximate surface area is 135 Å². The largest absolute Gasteiger partial charge is 0.377 e. The zero-order valence-corrected chi connectivity index (χ0v) is 14.2. The highest BCUT2D eigenvalue weighted by Gasteiger charge is 2.08. The molecule has 2 rings (SSSR count). The number of benzene rings is 1. The molecule has 0 atom stereocenters. The maximum atomic E-state index is 12.2. The molecular weight excluding hydrogens is 294 g/mol. The molecule has 0 aliphatic carbocycles. The maximum absolute atomic E-state index is 12.2. The molecule has 0 fully saturated rings. The van der Waals surface area contributed by atoms with E-state index in [-0.39, 0.29) is 5.91 Å². The Morgan fingerprint density at radius 2 is 2.05 bits per heavy atom. The van der Waals surface area contributed by atoms with Crippen LogP contribution in [0, 0.1) is 6.92 Å². The van der Waals surface area contributed by atoms with Gasteiger partial charge in [-0.2, -0.15) is 0 Å². The number of hydrogen-bond donors (Lipinski definition) is 1. The van der Waals surface area contributed by atoms with E-state index in [1.807, 2.05) is 45.3 Å². The van der Waals surface area contributed by atoms with Crippen molar-refractivity contribution in [2.24, 2.45) is 0 Å². The van der Waals surface area contributed by atoms with Crippen LogP contribution in [0.5, 0.6) is 0 Å². The number of thioether (sulfide) groups is 1. The van der Waals surface area contributed by atoms with E-state index >= 15 is 0 Å². The van der Waals surface area contributed by atoms with Crippen molar-refractivity contribution in [1.82, 2.24) is 4.98 Å². The first-order valence-electron chi connectivity index (χ1n) is 7.19. The second kappa shape index (κ2) is 7.31. The lowest BCUT2D eigenvalue weighted by Gasteiger charge is -2.16. The van der Waals surface area contributed by atoms with Gasteiger partial charge in [-0.3, -0.25) is 4.79 Å². The van der Waals surface area contributed by atoms with Crippen LogP contribution in [0.1, 0.15) is 22.8 Å². The summed E-state index contributed by atoms with van der Waals surface area (Å²) in [6.07, 6.45) is 1.62. The highest BCUT2D eigenvalue weighted by atomic mass is 32.2. The molecule has 0 saturated carbocycles. The van der Waals surface area contributed by atoms with Crippen LogP contribution in [0.15, 0.2) is 41.6 Å². The van der Waals surface area contributed by atoms with Crippen molar-refractivity contribution in [3.8, 4) is 0 Å². The van der Waals surface area contributed by atoms with E-state index in [9.17, 15) is 4.79 Å². The zero-order valence-electron chi connectivity index (χ0n) is 13.4. The molecule has 0 aliphatic rings. The quantitative estimate of drug-likeness (QED) is 0.852. The van der Waals surface area contributed by atoms with Gasteiger partial charge < -0.3 is 10.2 Å². The molecule has 2 aromatic rings. The average molecular weight is 315 g/mol. The number of rotatable bonds is 5. The van der Waals surface area contributed by atoms with Gasteiger partial charge in [0.05, 0.1) is 10.6 Å². The van der Waals surface area contributed by atoms with Gasteiger partial charge in [-0.25, -0.2) is 4.98 Å². The number of nitrogens with zero attached hydrogens (tertiary/aromatic N) is 2. The monoisotopic (exact) mass is 315 g/mol. The molecule has 1 aromatic heterocycles. The zero-order chi connectivity index (χ0) is 16.1. The van der Waals surface area contributed by atoms with Crippen LogP contribution in [0.4, 0.5) is 11.4 Å². The highest BCUT2D eigenvalue weighted by molar-refractivity contribution is 7.99.